The van der Waals surface area contributed by atoms with E-state index >= 15 is 0 Å². The SMILES string of the molecule is CC1=C(O)OC(=O)C1. The molecule has 0 amide bonds. The quantitative estimate of drug-likeness (QED) is 0.472. The summed E-state index contributed by atoms with van der Waals surface area (Å²) in [6.07, 6.45) is 0.228. The van der Waals surface area contributed by atoms with Gasteiger partial charge in [-0.3, -0.25) is 4.79 Å². The van der Waals surface area contributed by atoms with Crippen molar-refractivity contribution in [1.82, 2.24) is 0 Å². The predicted molar refractivity (Wildman–Crippen MR) is 26.0 cm³/mol. The first-order chi connectivity index (χ1) is 3.70. The molecular weight excluding hydrogens is 108 g/mol. The maximum absolute atomic E-state index is 10.2. The zero-order valence-electron chi connectivity index (χ0n) is 4.47. The second kappa shape index (κ2) is 1.51. The fourth-order valence-corrected chi connectivity index (χ4v) is 0.523. The number of hydrogen-bond acceptors (Lipinski definition) is 3. The molecule has 0 aromatic rings. The molecule has 0 saturated heterocycles. The van der Waals surface area contributed by atoms with Crippen molar-refractivity contribution in [1.29, 1.82) is 0 Å². The summed E-state index contributed by atoms with van der Waals surface area (Å²) in [6.45, 7) is 1.65. The third-order valence-electron chi connectivity index (χ3n) is 0.985. The van der Waals surface area contributed by atoms with E-state index in [9.17, 15) is 4.79 Å². The van der Waals surface area contributed by atoms with Crippen LogP contribution in [-0.4, -0.2) is 11.1 Å². The van der Waals surface area contributed by atoms with Crippen LogP contribution in [0.5, 0.6) is 0 Å². The van der Waals surface area contributed by atoms with E-state index in [0.29, 0.717) is 5.57 Å². The summed E-state index contributed by atoms with van der Waals surface area (Å²) in [5, 5.41) is 8.60. The number of esters is 1. The van der Waals surface area contributed by atoms with Crippen LogP contribution in [-0.2, 0) is 9.53 Å². The molecule has 0 fully saturated rings. The van der Waals surface area contributed by atoms with Gasteiger partial charge >= 0.3 is 5.97 Å². The minimum Gasteiger partial charge on any atom is -0.481 e. The van der Waals surface area contributed by atoms with Crippen LogP contribution in [0.2, 0.25) is 0 Å². The van der Waals surface area contributed by atoms with E-state index in [2.05, 4.69) is 4.74 Å². The van der Waals surface area contributed by atoms with Gasteiger partial charge in [-0.2, -0.15) is 0 Å². The van der Waals surface area contributed by atoms with Gasteiger partial charge in [0, 0.05) is 5.57 Å². The maximum atomic E-state index is 10.2. The second-order valence-corrected chi connectivity index (χ2v) is 1.74. The first-order valence-corrected chi connectivity index (χ1v) is 2.29. The Morgan fingerprint density at radius 3 is 2.50 bits per heavy atom. The Kier molecular flexibility index (Phi) is 0.970. The fraction of sp³-hybridized carbons (Fsp3) is 0.400. The Labute approximate surface area is 46.6 Å². The Bertz CT molecular complexity index is 141. The number of hydrogen-bond donors (Lipinski definition) is 1. The van der Waals surface area contributed by atoms with Crippen molar-refractivity contribution in [2.45, 2.75) is 13.3 Å². The number of ether oxygens (including phenoxy) is 1. The van der Waals surface area contributed by atoms with Crippen LogP contribution >= 0.6 is 0 Å². The molecule has 44 valence electrons. The minimum absolute atomic E-state index is 0.227. The number of rotatable bonds is 0. The van der Waals surface area contributed by atoms with Crippen LogP contribution in [0, 0.1) is 0 Å². The molecule has 1 aliphatic heterocycles. The van der Waals surface area contributed by atoms with E-state index in [1.165, 1.54) is 0 Å². The smallest absolute Gasteiger partial charge is 0.317 e. The number of cyclic esters (lactones) is 1. The first-order valence-electron chi connectivity index (χ1n) is 2.29. The van der Waals surface area contributed by atoms with E-state index in [4.69, 9.17) is 5.11 Å². The summed E-state index contributed by atoms with van der Waals surface area (Å²) in [5.74, 6) is -0.602. The van der Waals surface area contributed by atoms with E-state index in [0.717, 1.165) is 0 Å². The standard InChI is InChI=1S/C5H6O3/c1-3-2-4(6)8-5(3)7/h7H,2H2,1H3. The molecule has 1 rings (SSSR count). The van der Waals surface area contributed by atoms with Crippen molar-refractivity contribution < 1.29 is 14.6 Å². The molecule has 3 heteroatoms. The van der Waals surface area contributed by atoms with Crippen LogP contribution < -0.4 is 0 Å². The van der Waals surface area contributed by atoms with Gasteiger partial charge in [0.15, 0.2) is 0 Å². The van der Waals surface area contributed by atoms with Gasteiger partial charge in [0.1, 0.15) is 0 Å². The molecule has 0 saturated carbocycles. The van der Waals surface area contributed by atoms with Crippen molar-refractivity contribution in [3.63, 3.8) is 0 Å². The van der Waals surface area contributed by atoms with Crippen LogP contribution in [0.3, 0.4) is 0 Å². The zero-order valence-corrected chi connectivity index (χ0v) is 4.47. The fourth-order valence-electron chi connectivity index (χ4n) is 0.523. The van der Waals surface area contributed by atoms with Crippen molar-refractivity contribution in [3.8, 4) is 0 Å². The lowest BCUT2D eigenvalue weighted by Gasteiger charge is -1.87. The number of carbonyl (C=O) groups is 1. The third-order valence-corrected chi connectivity index (χ3v) is 0.985. The number of carbonyl (C=O) groups excluding carboxylic acids is 1. The highest BCUT2D eigenvalue weighted by molar-refractivity contribution is 5.76. The van der Waals surface area contributed by atoms with Gasteiger partial charge in [-0.05, 0) is 6.92 Å². The molecule has 1 heterocycles. The molecule has 0 aromatic heterocycles. The Morgan fingerprint density at radius 1 is 1.75 bits per heavy atom. The summed E-state index contributed by atoms with van der Waals surface area (Å²) in [4.78, 5) is 10.2. The van der Waals surface area contributed by atoms with Crippen LogP contribution in [0.15, 0.2) is 11.5 Å². The zero-order chi connectivity index (χ0) is 6.15. The highest BCUT2D eigenvalue weighted by Gasteiger charge is 2.18. The monoisotopic (exact) mass is 114 g/mol. The molecule has 0 aliphatic carbocycles. The topological polar surface area (TPSA) is 46.5 Å². The average molecular weight is 114 g/mol. The molecule has 0 aromatic carbocycles. The molecule has 0 unspecified atom stereocenters. The minimum atomic E-state index is -0.375. The molecule has 8 heavy (non-hydrogen) atoms. The van der Waals surface area contributed by atoms with Gasteiger partial charge < -0.3 is 9.84 Å². The number of aliphatic hydroxyl groups excluding tert-OH is 1. The normalized spacial score (nSPS) is 19.4. The molecule has 0 bridgehead atoms. The third kappa shape index (κ3) is 0.665. The summed E-state index contributed by atoms with van der Waals surface area (Å²) in [5.41, 5.74) is 0.606. The first kappa shape index (κ1) is 5.15. The molecule has 1 aliphatic rings. The van der Waals surface area contributed by atoms with Gasteiger partial charge in [0.05, 0.1) is 6.42 Å². The molecule has 0 radical (unpaired) electrons. The maximum Gasteiger partial charge on any atom is 0.317 e. The molecular formula is C5H6O3. The van der Waals surface area contributed by atoms with E-state index in [1.54, 1.807) is 6.92 Å². The van der Waals surface area contributed by atoms with Gasteiger partial charge in [-0.15, -0.1) is 0 Å². The Hall–Kier alpha value is -0.990. The van der Waals surface area contributed by atoms with E-state index < -0.39 is 0 Å². The predicted octanol–water partition coefficient (Wildman–Crippen LogP) is 0.723. The highest BCUT2D eigenvalue weighted by atomic mass is 16.6. The van der Waals surface area contributed by atoms with E-state index in [-0.39, 0.29) is 18.3 Å². The summed E-state index contributed by atoms with van der Waals surface area (Å²) in [6, 6.07) is 0. The largest absolute Gasteiger partial charge is 0.481 e. The van der Waals surface area contributed by atoms with Gasteiger partial charge in [0.2, 0.25) is 0 Å². The Morgan fingerprint density at radius 2 is 2.38 bits per heavy atom. The summed E-state index contributed by atoms with van der Waals surface area (Å²) >= 11 is 0. The highest BCUT2D eigenvalue weighted by Crippen LogP contribution is 2.15. The molecule has 0 atom stereocenters. The molecule has 3 nitrogen and oxygen atoms in total. The van der Waals surface area contributed by atoms with Crippen molar-refractivity contribution in [2.75, 3.05) is 0 Å². The lowest BCUT2D eigenvalue weighted by molar-refractivity contribution is -0.139. The second-order valence-electron chi connectivity index (χ2n) is 1.74. The Balaban J connectivity index is 2.73. The average Bonchev–Trinajstić information content (AvgIpc) is 1.85. The molecule has 1 N–H and O–H groups in total. The van der Waals surface area contributed by atoms with Crippen molar-refractivity contribution in [3.05, 3.63) is 11.5 Å². The van der Waals surface area contributed by atoms with Crippen molar-refractivity contribution >= 4 is 5.97 Å². The summed E-state index contributed by atoms with van der Waals surface area (Å²) < 4.78 is 4.27. The van der Waals surface area contributed by atoms with Gasteiger partial charge in [0.25, 0.3) is 5.95 Å². The van der Waals surface area contributed by atoms with Crippen LogP contribution in [0.25, 0.3) is 0 Å². The van der Waals surface area contributed by atoms with Crippen LogP contribution in [0.1, 0.15) is 13.3 Å². The van der Waals surface area contributed by atoms with Gasteiger partial charge in [-0.1, -0.05) is 0 Å². The summed E-state index contributed by atoms with van der Waals surface area (Å²) in [7, 11) is 0. The lowest BCUT2D eigenvalue weighted by atomic mass is 10.3. The lowest BCUT2D eigenvalue weighted by Crippen LogP contribution is -1.92. The number of aliphatic hydroxyl groups is 1. The van der Waals surface area contributed by atoms with Crippen LogP contribution in [0.4, 0.5) is 0 Å². The van der Waals surface area contributed by atoms with E-state index in [1.807, 2.05) is 0 Å². The molecule has 0 spiro atoms. The van der Waals surface area contributed by atoms with Crippen molar-refractivity contribution in [2.24, 2.45) is 0 Å². The van der Waals surface area contributed by atoms with Gasteiger partial charge in [-0.25, -0.2) is 0 Å².